The number of rotatable bonds is 4. The van der Waals surface area contributed by atoms with Crippen molar-refractivity contribution in [3.8, 4) is 0 Å². The lowest BCUT2D eigenvalue weighted by Gasteiger charge is -2.37. The molecule has 5 nitrogen and oxygen atoms in total. The van der Waals surface area contributed by atoms with Gasteiger partial charge in [-0.25, -0.2) is 0 Å². The van der Waals surface area contributed by atoms with E-state index in [0.717, 1.165) is 24.5 Å². The highest BCUT2D eigenvalue weighted by Crippen LogP contribution is 2.30. The number of hydrogen-bond donors (Lipinski definition) is 1. The number of carbonyl (C=O) groups is 2. The number of benzene rings is 1. The van der Waals surface area contributed by atoms with E-state index < -0.39 is 0 Å². The Bertz CT molecular complexity index is 581. The van der Waals surface area contributed by atoms with Crippen LogP contribution in [0.15, 0.2) is 18.2 Å². The molecule has 23 heavy (non-hydrogen) atoms. The van der Waals surface area contributed by atoms with Gasteiger partial charge in [-0.05, 0) is 18.2 Å². The Morgan fingerprint density at radius 3 is 2.43 bits per heavy atom. The van der Waals surface area contributed by atoms with Gasteiger partial charge in [0.1, 0.15) is 0 Å². The standard InChI is InChI=1S/C17H24ClN3O2/c1-4-16(22)19-14-11-13(18)5-6-15(14)20-7-9-21(10-8-20)17(23)12(2)3/h5-6,11-12H,4,7-10H2,1-3H3,(H,19,22). The van der Waals surface area contributed by atoms with Crippen LogP contribution in [0.25, 0.3) is 0 Å². The summed E-state index contributed by atoms with van der Waals surface area (Å²) in [6.45, 7) is 8.54. The van der Waals surface area contributed by atoms with Crippen molar-refractivity contribution < 1.29 is 9.59 Å². The normalized spacial score (nSPS) is 15.0. The molecule has 126 valence electrons. The lowest BCUT2D eigenvalue weighted by Crippen LogP contribution is -2.50. The second kappa shape index (κ2) is 7.68. The second-order valence-corrected chi connectivity index (χ2v) is 6.47. The molecule has 0 saturated carbocycles. The van der Waals surface area contributed by atoms with Crippen LogP contribution in [-0.4, -0.2) is 42.9 Å². The molecule has 2 rings (SSSR count). The molecule has 0 aromatic heterocycles. The SMILES string of the molecule is CCC(=O)Nc1cc(Cl)ccc1N1CCN(C(=O)C(C)C)CC1. The van der Waals surface area contributed by atoms with Gasteiger partial charge < -0.3 is 15.1 Å². The first-order valence-corrected chi connectivity index (χ1v) is 8.43. The summed E-state index contributed by atoms with van der Waals surface area (Å²) >= 11 is 6.06. The van der Waals surface area contributed by atoms with Gasteiger partial charge in [0.25, 0.3) is 0 Å². The van der Waals surface area contributed by atoms with Crippen LogP contribution < -0.4 is 10.2 Å². The summed E-state index contributed by atoms with van der Waals surface area (Å²) in [4.78, 5) is 27.9. The summed E-state index contributed by atoms with van der Waals surface area (Å²) in [6.07, 6.45) is 0.419. The molecule has 0 bridgehead atoms. The number of hydrogen-bond acceptors (Lipinski definition) is 3. The highest BCUT2D eigenvalue weighted by molar-refractivity contribution is 6.31. The monoisotopic (exact) mass is 337 g/mol. The first kappa shape index (κ1) is 17.6. The molecule has 1 aromatic carbocycles. The summed E-state index contributed by atoms with van der Waals surface area (Å²) in [6, 6.07) is 5.52. The van der Waals surface area contributed by atoms with Crippen LogP contribution in [0.3, 0.4) is 0 Å². The van der Waals surface area contributed by atoms with Gasteiger partial charge >= 0.3 is 0 Å². The Labute approximate surface area is 142 Å². The smallest absolute Gasteiger partial charge is 0.225 e. The number of halogens is 1. The third-order valence-corrected chi connectivity index (χ3v) is 4.21. The van der Waals surface area contributed by atoms with Crippen LogP contribution >= 0.6 is 11.6 Å². The van der Waals surface area contributed by atoms with Gasteiger partial charge in [0.05, 0.1) is 11.4 Å². The van der Waals surface area contributed by atoms with Gasteiger partial charge in [-0.2, -0.15) is 0 Å². The number of piperazine rings is 1. The molecule has 0 spiro atoms. The highest BCUT2D eigenvalue weighted by atomic mass is 35.5. The van der Waals surface area contributed by atoms with E-state index in [1.807, 2.05) is 37.8 Å². The molecule has 1 N–H and O–H groups in total. The summed E-state index contributed by atoms with van der Waals surface area (Å²) < 4.78 is 0. The van der Waals surface area contributed by atoms with Crippen LogP contribution in [-0.2, 0) is 9.59 Å². The van der Waals surface area contributed by atoms with Crippen LogP contribution in [0, 0.1) is 5.92 Å². The Hall–Kier alpha value is -1.75. The third-order valence-electron chi connectivity index (χ3n) is 3.98. The lowest BCUT2D eigenvalue weighted by molar-refractivity contribution is -0.134. The fraction of sp³-hybridized carbons (Fsp3) is 0.529. The maximum Gasteiger partial charge on any atom is 0.225 e. The molecule has 2 amide bonds. The van der Waals surface area contributed by atoms with E-state index in [0.29, 0.717) is 24.5 Å². The fourth-order valence-electron chi connectivity index (χ4n) is 2.66. The zero-order valence-electron chi connectivity index (χ0n) is 13.9. The maximum atomic E-state index is 12.1. The van der Waals surface area contributed by atoms with Gasteiger partial charge in [0, 0.05) is 43.5 Å². The molecule has 0 aliphatic carbocycles. The van der Waals surface area contributed by atoms with Crippen molar-refractivity contribution in [3.05, 3.63) is 23.2 Å². The number of amides is 2. The second-order valence-electron chi connectivity index (χ2n) is 6.03. The van der Waals surface area contributed by atoms with Gasteiger partial charge in [0.2, 0.25) is 11.8 Å². The predicted molar refractivity (Wildman–Crippen MR) is 94.0 cm³/mol. The minimum absolute atomic E-state index is 0.0245. The van der Waals surface area contributed by atoms with Gasteiger partial charge in [-0.3, -0.25) is 9.59 Å². The summed E-state index contributed by atoms with van der Waals surface area (Å²) in [5.41, 5.74) is 1.68. The first-order chi connectivity index (χ1) is 10.9. The average Bonchev–Trinajstić information content (AvgIpc) is 2.54. The number of anilines is 2. The van der Waals surface area contributed by atoms with Crippen LogP contribution in [0.5, 0.6) is 0 Å². The van der Waals surface area contributed by atoms with Gasteiger partial charge in [-0.1, -0.05) is 32.4 Å². The molecule has 1 aliphatic rings. The van der Waals surface area contributed by atoms with E-state index in [1.54, 1.807) is 6.07 Å². The Morgan fingerprint density at radius 2 is 1.87 bits per heavy atom. The van der Waals surface area contributed by atoms with E-state index in [1.165, 1.54) is 0 Å². The van der Waals surface area contributed by atoms with Crippen molar-refractivity contribution in [2.45, 2.75) is 27.2 Å². The summed E-state index contributed by atoms with van der Waals surface area (Å²) in [5, 5.41) is 3.50. The predicted octanol–water partition coefficient (Wildman–Crippen LogP) is 2.99. The van der Waals surface area contributed by atoms with E-state index in [9.17, 15) is 9.59 Å². The zero-order valence-corrected chi connectivity index (χ0v) is 14.7. The summed E-state index contributed by atoms with van der Waals surface area (Å²) in [5.74, 6) is 0.180. The lowest BCUT2D eigenvalue weighted by atomic mass is 10.1. The first-order valence-electron chi connectivity index (χ1n) is 8.05. The Kier molecular flexibility index (Phi) is 5.88. The van der Waals surface area contributed by atoms with Crippen molar-refractivity contribution in [2.75, 3.05) is 36.4 Å². The molecule has 1 aliphatic heterocycles. The molecule has 1 aromatic rings. The minimum atomic E-state index is -0.0397. The van der Waals surface area contributed by atoms with E-state index in [2.05, 4.69) is 10.2 Å². The molecule has 1 fully saturated rings. The van der Waals surface area contributed by atoms with E-state index in [-0.39, 0.29) is 17.7 Å². The maximum absolute atomic E-state index is 12.1. The number of nitrogens with one attached hydrogen (secondary N) is 1. The molecule has 6 heteroatoms. The molecule has 1 heterocycles. The van der Waals surface area contributed by atoms with Crippen molar-refractivity contribution in [1.29, 1.82) is 0 Å². The number of carbonyl (C=O) groups excluding carboxylic acids is 2. The molecule has 1 saturated heterocycles. The molecular weight excluding hydrogens is 314 g/mol. The van der Waals surface area contributed by atoms with Gasteiger partial charge in [-0.15, -0.1) is 0 Å². The van der Waals surface area contributed by atoms with Gasteiger partial charge in [0.15, 0.2) is 0 Å². The van der Waals surface area contributed by atoms with E-state index >= 15 is 0 Å². The summed E-state index contributed by atoms with van der Waals surface area (Å²) in [7, 11) is 0. The Balaban J connectivity index is 2.11. The van der Waals surface area contributed by atoms with E-state index in [4.69, 9.17) is 11.6 Å². The topological polar surface area (TPSA) is 52.7 Å². The molecular formula is C17H24ClN3O2. The van der Waals surface area contributed by atoms with Crippen LogP contribution in [0.2, 0.25) is 5.02 Å². The largest absolute Gasteiger partial charge is 0.366 e. The van der Waals surface area contributed by atoms with Crippen LogP contribution in [0.4, 0.5) is 11.4 Å². The molecule has 0 unspecified atom stereocenters. The van der Waals surface area contributed by atoms with Crippen LogP contribution in [0.1, 0.15) is 27.2 Å². The van der Waals surface area contributed by atoms with Crippen molar-refractivity contribution in [1.82, 2.24) is 4.90 Å². The molecule has 0 radical (unpaired) electrons. The molecule has 0 atom stereocenters. The number of nitrogens with zero attached hydrogens (tertiary/aromatic N) is 2. The quantitative estimate of drug-likeness (QED) is 0.919. The average molecular weight is 338 g/mol. The zero-order chi connectivity index (χ0) is 17.0. The van der Waals surface area contributed by atoms with Crippen molar-refractivity contribution >= 4 is 34.8 Å². The minimum Gasteiger partial charge on any atom is -0.366 e. The fourth-order valence-corrected chi connectivity index (χ4v) is 2.83. The van der Waals surface area contributed by atoms with Crippen molar-refractivity contribution in [3.63, 3.8) is 0 Å². The third kappa shape index (κ3) is 4.38. The highest BCUT2D eigenvalue weighted by Gasteiger charge is 2.24. The van der Waals surface area contributed by atoms with Crippen molar-refractivity contribution in [2.24, 2.45) is 5.92 Å². The Morgan fingerprint density at radius 1 is 1.22 bits per heavy atom.